The summed E-state index contributed by atoms with van der Waals surface area (Å²) in [6.45, 7) is 20.0. The van der Waals surface area contributed by atoms with Crippen molar-refractivity contribution in [2.24, 2.45) is 5.10 Å². The van der Waals surface area contributed by atoms with Crippen molar-refractivity contribution in [3.8, 4) is 11.1 Å². The lowest BCUT2D eigenvalue weighted by Crippen LogP contribution is -2.40. The number of para-hydroxylation sites is 3. The van der Waals surface area contributed by atoms with Crippen molar-refractivity contribution in [2.75, 3.05) is 14.8 Å². The van der Waals surface area contributed by atoms with Gasteiger partial charge in [-0.25, -0.2) is 5.01 Å². The molecule has 0 radical (unpaired) electrons. The fraction of sp³-hybridized carbons (Fsp3) is 0.298. The Bertz CT molecular complexity index is 2210. The zero-order valence-corrected chi connectivity index (χ0v) is 32.4. The Balaban J connectivity index is 1.48. The highest BCUT2D eigenvalue weighted by Gasteiger charge is 2.49. The highest BCUT2D eigenvalue weighted by molar-refractivity contribution is 6.63. The molecule has 1 fully saturated rings. The molecule has 1 atom stereocenters. The second kappa shape index (κ2) is 12.6. The molecular weight excluding hydrogens is 649 g/mol. The molecule has 6 heteroatoms. The topological polar surface area (TPSA) is 69.8 Å². The summed E-state index contributed by atoms with van der Waals surface area (Å²) in [6.07, 6.45) is 0. The first-order valence-electron chi connectivity index (χ1n) is 19.1. The zero-order valence-electron chi connectivity index (χ0n) is 32.4. The molecule has 2 aliphatic heterocycles. The molecule has 5 aromatic carbocycles. The number of guanidine groups is 1. The Morgan fingerprint density at radius 2 is 0.906 bits per heavy atom. The maximum atomic E-state index is 9.85. The molecule has 1 saturated heterocycles. The van der Waals surface area contributed by atoms with Crippen molar-refractivity contribution >= 4 is 40.4 Å². The molecule has 3 aliphatic rings. The molecule has 53 heavy (non-hydrogen) atoms. The zero-order chi connectivity index (χ0) is 37.5. The van der Waals surface area contributed by atoms with E-state index < -0.39 is 0 Å². The smallest absolute Gasteiger partial charge is 0.240 e. The van der Waals surface area contributed by atoms with Crippen LogP contribution in [0, 0.1) is 10.8 Å². The van der Waals surface area contributed by atoms with Crippen molar-refractivity contribution in [3.63, 3.8) is 0 Å². The maximum Gasteiger partial charge on any atom is 0.240 e. The van der Waals surface area contributed by atoms with E-state index in [9.17, 15) is 10.8 Å². The van der Waals surface area contributed by atoms with E-state index in [2.05, 4.69) is 170 Å². The Kier molecular flexibility index (Phi) is 8.21. The number of benzene rings is 5. The summed E-state index contributed by atoms with van der Waals surface area (Å²) in [6, 6.07) is 36.9. The predicted molar refractivity (Wildman–Crippen MR) is 223 cm³/mol. The van der Waals surface area contributed by atoms with Gasteiger partial charge in [0.15, 0.2) is 11.7 Å². The van der Waals surface area contributed by atoms with Crippen LogP contribution >= 0.6 is 0 Å². The lowest BCUT2D eigenvalue weighted by atomic mass is 9.71. The molecule has 0 saturated carbocycles. The standard InChI is InChI=1S/C47H50N6/c1-27(2)31-18-14-19-32(28(3)4)42(31)51-44(48)45(49)52(43-33(29(5)6)20-15-21-34(43)30(7)8)46(51)50-53-39-25-13-12-24-38(39)47(9)37-23-11-10-17-35(37)36-22-16-26-40(53)41(36)47/h10-30,48-49H,1-9H3. The summed E-state index contributed by atoms with van der Waals surface area (Å²) in [5.41, 5.74) is 14.3. The number of hydrazone groups is 1. The number of fused-ring (bicyclic) bond motifs is 5. The van der Waals surface area contributed by atoms with Crippen molar-refractivity contribution in [3.05, 3.63) is 142 Å². The molecule has 0 spiro atoms. The van der Waals surface area contributed by atoms with Gasteiger partial charge in [-0.05, 0) is 87.2 Å². The fourth-order valence-corrected chi connectivity index (χ4v) is 9.01. The van der Waals surface area contributed by atoms with Crippen molar-refractivity contribution in [2.45, 2.75) is 91.4 Å². The molecule has 268 valence electrons. The van der Waals surface area contributed by atoms with Gasteiger partial charge in [-0.15, -0.1) is 5.10 Å². The van der Waals surface area contributed by atoms with E-state index in [1.807, 2.05) is 9.80 Å². The van der Waals surface area contributed by atoms with Crippen LogP contribution in [0.4, 0.5) is 22.7 Å². The van der Waals surface area contributed by atoms with Gasteiger partial charge in [-0.2, -0.15) is 0 Å². The number of anilines is 4. The van der Waals surface area contributed by atoms with E-state index in [-0.39, 0.29) is 40.8 Å². The molecule has 1 unspecified atom stereocenters. The van der Waals surface area contributed by atoms with E-state index >= 15 is 0 Å². The van der Waals surface area contributed by atoms with Crippen LogP contribution in [-0.4, -0.2) is 17.6 Å². The summed E-state index contributed by atoms with van der Waals surface area (Å²) in [7, 11) is 0. The van der Waals surface area contributed by atoms with Gasteiger partial charge in [0.1, 0.15) is 0 Å². The second-order valence-corrected chi connectivity index (χ2v) is 16.2. The molecule has 0 amide bonds. The Morgan fingerprint density at radius 1 is 0.491 bits per heavy atom. The van der Waals surface area contributed by atoms with Crippen LogP contribution in [-0.2, 0) is 5.41 Å². The Morgan fingerprint density at radius 3 is 1.42 bits per heavy atom. The summed E-state index contributed by atoms with van der Waals surface area (Å²) in [5.74, 6) is 1.51. The van der Waals surface area contributed by atoms with E-state index in [0.29, 0.717) is 5.96 Å². The fourth-order valence-electron chi connectivity index (χ4n) is 9.01. The summed E-state index contributed by atoms with van der Waals surface area (Å²) < 4.78 is 0. The quantitative estimate of drug-likeness (QED) is 0.178. The third-order valence-electron chi connectivity index (χ3n) is 11.6. The van der Waals surface area contributed by atoms with Crippen LogP contribution in [0.2, 0.25) is 0 Å². The SMILES string of the molecule is CC(C)c1cccc(C(C)C)c1N1C(=N)C(=N)N(c2c(C(C)C)cccc2C(C)C)C1=NN1c2ccccc2C2(C)c3ccccc3-c3cccc1c32. The first-order chi connectivity index (χ1) is 25.4. The summed E-state index contributed by atoms with van der Waals surface area (Å²) in [5, 5.41) is 27.6. The van der Waals surface area contributed by atoms with Gasteiger partial charge >= 0.3 is 0 Å². The number of nitrogens with zero attached hydrogens (tertiary/aromatic N) is 4. The monoisotopic (exact) mass is 698 g/mol. The van der Waals surface area contributed by atoms with Gasteiger partial charge in [-0.1, -0.05) is 146 Å². The maximum absolute atomic E-state index is 9.85. The average molecular weight is 699 g/mol. The molecule has 2 N–H and O–H groups in total. The van der Waals surface area contributed by atoms with Crippen LogP contribution in [0.25, 0.3) is 11.1 Å². The van der Waals surface area contributed by atoms with Crippen LogP contribution in [0.3, 0.4) is 0 Å². The summed E-state index contributed by atoms with van der Waals surface area (Å²) in [4.78, 5) is 3.95. The van der Waals surface area contributed by atoms with Gasteiger partial charge in [0.05, 0.1) is 22.7 Å². The lowest BCUT2D eigenvalue weighted by Gasteiger charge is -2.40. The first kappa shape index (κ1) is 34.6. The predicted octanol–water partition coefficient (Wildman–Crippen LogP) is 12.2. The molecule has 0 bridgehead atoms. The molecule has 2 heterocycles. The van der Waals surface area contributed by atoms with E-state index in [1.54, 1.807) is 0 Å². The number of hydrogen-bond acceptors (Lipinski definition) is 4. The van der Waals surface area contributed by atoms with Crippen LogP contribution in [0.1, 0.15) is 125 Å². The van der Waals surface area contributed by atoms with Gasteiger partial charge in [0, 0.05) is 11.0 Å². The van der Waals surface area contributed by atoms with Crippen LogP contribution in [0.5, 0.6) is 0 Å². The average Bonchev–Trinajstić information content (AvgIpc) is 3.56. The minimum Gasteiger partial charge on any atom is -0.281 e. The third kappa shape index (κ3) is 4.94. The third-order valence-corrected chi connectivity index (χ3v) is 11.6. The molecule has 1 aliphatic carbocycles. The Hall–Kier alpha value is -5.49. The second-order valence-electron chi connectivity index (χ2n) is 16.2. The number of hydrogen-bond donors (Lipinski definition) is 2. The minimum absolute atomic E-state index is 0.118. The van der Waals surface area contributed by atoms with Crippen LogP contribution < -0.4 is 14.8 Å². The van der Waals surface area contributed by atoms with E-state index in [0.717, 1.165) is 45.0 Å². The van der Waals surface area contributed by atoms with E-state index in [1.165, 1.54) is 27.8 Å². The van der Waals surface area contributed by atoms with Crippen LogP contribution in [0.15, 0.2) is 108 Å². The first-order valence-corrected chi connectivity index (χ1v) is 19.1. The molecule has 8 rings (SSSR count). The number of nitrogens with one attached hydrogen (secondary N) is 2. The van der Waals surface area contributed by atoms with E-state index in [4.69, 9.17) is 5.10 Å². The summed E-state index contributed by atoms with van der Waals surface area (Å²) >= 11 is 0. The van der Waals surface area contributed by atoms with Gasteiger partial charge < -0.3 is 0 Å². The lowest BCUT2D eigenvalue weighted by molar-refractivity contribution is 0.694. The normalized spacial score (nSPS) is 17.5. The number of amidine groups is 2. The molecule has 6 nitrogen and oxygen atoms in total. The largest absolute Gasteiger partial charge is 0.281 e. The van der Waals surface area contributed by atoms with Gasteiger partial charge in [0.25, 0.3) is 0 Å². The van der Waals surface area contributed by atoms with Gasteiger partial charge in [-0.3, -0.25) is 20.6 Å². The highest BCUT2D eigenvalue weighted by Crippen LogP contribution is 2.61. The minimum atomic E-state index is -0.367. The van der Waals surface area contributed by atoms with Crippen molar-refractivity contribution in [1.82, 2.24) is 0 Å². The molecule has 0 aromatic heterocycles. The highest BCUT2D eigenvalue weighted by atomic mass is 15.6. The van der Waals surface area contributed by atoms with Gasteiger partial charge in [0.2, 0.25) is 5.96 Å². The molecule has 5 aromatic rings. The molecular formula is C47H50N6. The Labute approximate surface area is 314 Å². The van der Waals surface area contributed by atoms with Crippen molar-refractivity contribution < 1.29 is 0 Å². The van der Waals surface area contributed by atoms with Crippen molar-refractivity contribution in [1.29, 1.82) is 10.8 Å². The number of rotatable bonds is 7.